The molecule has 0 aliphatic heterocycles. The van der Waals surface area contributed by atoms with Crippen LogP contribution in [-0.4, -0.2) is 31.8 Å². The first-order valence-corrected chi connectivity index (χ1v) is 9.93. The first-order chi connectivity index (χ1) is 14.4. The van der Waals surface area contributed by atoms with E-state index in [1.807, 2.05) is 23.1 Å². The Bertz CT molecular complexity index is 1100. The van der Waals surface area contributed by atoms with E-state index in [0.29, 0.717) is 0 Å². The van der Waals surface area contributed by atoms with Gasteiger partial charge in [-0.1, -0.05) is 41.6 Å². The zero-order chi connectivity index (χ0) is 20.9. The van der Waals surface area contributed by atoms with Gasteiger partial charge in [0, 0.05) is 6.04 Å². The van der Waals surface area contributed by atoms with Crippen molar-refractivity contribution in [1.82, 2.24) is 19.9 Å². The summed E-state index contributed by atoms with van der Waals surface area (Å²) in [6.45, 7) is 0. The van der Waals surface area contributed by atoms with Gasteiger partial charge in [0.2, 0.25) is 0 Å². The van der Waals surface area contributed by atoms with Gasteiger partial charge in [-0.3, -0.25) is 4.79 Å². The van der Waals surface area contributed by atoms with Gasteiger partial charge in [-0.2, -0.15) is 13.2 Å². The fourth-order valence-electron chi connectivity index (χ4n) is 4.26. The van der Waals surface area contributed by atoms with Crippen molar-refractivity contribution in [2.24, 2.45) is 0 Å². The molecule has 1 unspecified atom stereocenters. The Morgan fingerprint density at radius 1 is 1.03 bits per heavy atom. The molecule has 1 saturated carbocycles. The van der Waals surface area contributed by atoms with Crippen molar-refractivity contribution in [3.8, 4) is 5.69 Å². The Balaban J connectivity index is 1.47. The molecule has 0 spiro atoms. The summed E-state index contributed by atoms with van der Waals surface area (Å²) in [5, 5.41) is 7.76. The summed E-state index contributed by atoms with van der Waals surface area (Å²) in [4.78, 5) is 15.2. The summed E-state index contributed by atoms with van der Waals surface area (Å²) >= 11 is 0. The van der Waals surface area contributed by atoms with Crippen molar-refractivity contribution in [2.75, 3.05) is 0 Å². The average Bonchev–Trinajstić information content (AvgIpc) is 3.28. The Labute approximate surface area is 171 Å². The summed E-state index contributed by atoms with van der Waals surface area (Å²) in [5.41, 5.74) is 1.47. The summed E-state index contributed by atoms with van der Waals surface area (Å²) in [6, 6.07) is 13.3. The van der Waals surface area contributed by atoms with Gasteiger partial charge in [-0.05, 0) is 48.9 Å². The largest absolute Gasteiger partial charge is 0.418 e. The number of para-hydroxylation sites is 1. The van der Waals surface area contributed by atoms with Gasteiger partial charge in [0.05, 0.1) is 23.5 Å². The number of aromatic nitrogens is 3. The zero-order valence-corrected chi connectivity index (χ0v) is 16.0. The Hall–Kier alpha value is -3.16. The number of halogens is 3. The molecule has 1 aromatic heterocycles. The van der Waals surface area contributed by atoms with Gasteiger partial charge in [0.25, 0.3) is 5.91 Å². The molecule has 0 saturated heterocycles. The van der Waals surface area contributed by atoms with E-state index >= 15 is 0 Å². The van der Waals surface area contributed by atoms with Crippen molar-refractivity contribution in [3.05, 3.63) is 77.1 Å². The van der Waals surface area contributed by atoms with Gasteiger partial charge in [-0.25, -0.2) is 4.68 Å². The lowest BCUT2D eigenvalue weighted by atomic mass is 10.1. The molecular weight excluding hydrogens is 393 g/mol. The lowest BCUT2D eigenvalue weighted by molar-refractivity contribution is -0.137. The molecule has 2 aliphatic rings. The van der Waals surface area contributed by atoms with Crippen LogP contribution in [0, 0.1) is 0 Å². The van der Waals surface area contributed by atoms with Crippen molar-refractivity contribution in [1.29, 1.82) is 0 Å². The topological polar surface area (TPSA) is 51.0 Å². The highest BCUT2D eigenvalue weighted by atomic mass is 19.4. The quantitative estimate of drug-likeness (QED) is 0.630. The first kappa shape index (κ1) is 18.8. The molecule has 1 amide bonds. The van der Waals surface area contributed by atoms with Crippen LogP contribution in [0.25, 0.3) is 5.69 Å². The van der Waals surface area contributed by atoms with Gasteiger partial charge < -0.3 is 4.90 Å². The molecule has 0 bridgehead atoms. The molecule has 1 atom stereocenters. The minimum absolute atomic E-state index is 0.0335. The Morgan fingerprint density at radius 2 is 1.77 bits per heavy atom. The summed E-state index contributed by atoms with van der Waals surface area (Å²) in [7, 11) is 0. The first-order valence-electron chi connectivity index (χ1n) is 9.93. The molecule has 0 radical (unpaired) electrons. The number of fused-ring (bicyclic) bond motifs is 1. The van der Waals surface area contributed by atoms with E-state index in [9.17, 15) is 18.0 Å². The van der Waals surface area contributed by atoms with E-state index in [1.54, 1.807) is 0 Å². The fraction of sp³-hybridized carbons (Fsp3) is 0.318. The molecule has 5 rings (SSSR count). The Morgan fingerprint density at radius 3 is 2.53 bits per heavy atom. The number of carbonyl (C=O) groups is 1. The van der Waals surface area contributed by atoms with Crippen LogP contribution < -0.4 is 0 Å². The van der Waals surface area contributed by atoms with Crippen LogP contribution in [-0.2, 0) is 12.6 Å². The van der Waals surface area contributed by atoms with E-state index in [-0.39, 0.29) is 29.4 Å². The third-order valence-corrected chi connectivity index (χ3v) is 5.78. The predicted octanol–water partition coefficient (Wildman–Crippen LogP) is 4.58. The maximum Gasteiger partial charge on any atom is 0.418 e. The van der Waals surface area contributed by atoms with Crippen LogP contribution in [0.5, 0.6) is 0 Å². The highest BCUT2D eigenvalue weighted by Gasteiger charge is 2.41. The third-order valence-electron chi connectivity index (χ3n) is 5.78. The lowest BCUT2D eigenvalue weighted by Gasteiger charge is -2.29. The average molecular weight is 412 g/mol. The predicted molar refractivity (Wildman–Crippen MR) is 103 cm³/mol. The van der Waals surface area contributed by atoms with Crippen LogP contribution in [0.15, 0.2) is 54.7 Å². The minimum atomic E-state index is -4.53. The number of hydrogen-bond acceptors (Lipinski definition) is 3. The molecule has 2 aliphatic carbocycles. The van der Waals surface area contributed by atoms with Crippen LogP contribution in [0.3, 0.4) is 0 Å². The number of benzene rings is 2. The number of rotatable bonds is 4. The molecule has 8 heteroatoms. The van der Waals surface area contributed by atoms with Gasteiger partial charge in [0.1, 0.15) is 0 Å². The number of amides is 1. The van der Waals surface area contributed by atoms with Crippen LogP contribution in [0.2, 0.25) is 0 Å². The van der Waals surface area contributed by atoms with Crippen molar-refractivity contribution >= 4 is 5.91 Å². The molecule has 30 heavy (non-hydrogen) atoms. The van der Waals surface area contributed by atoms with E-state index in [4.69, 9.17) is 0 Å². The van der Waals surface area contributed by atoms with Crippen molar-refractivity contribution in [3.63, 3.8) is 0 Å². The molecule has 3 aromatic rings. The normalized spacial score (nSPS) is 18.3. The van der Waals surface area contributed by atoms with Crippen LogP contribution in [0.4, 0.5) is 13.2 Å². The monoisotopic (exact) mass is 412 g/mol. The highest BCUT2D eigenvalue weighted by Crippen LogP contribution is 2.42. The molecule has 154 valence electrons. The Kier molecular flexibility index (Phi) is 4.38. The maximum atomic E-state index is 13.4. The number of hydrogen-bond donors (Lipinski definition) is 0. The van der Waals surface area contributed by atoms with Gasteiger partial charge >= 0.3 is 6.18 Å². The third kappa shape index (κ3) is 3.26. The molecule has 1 fully saturated rings. The SMILES string of the molecule is O=C(c1cn(-c2ccccc2C(F)(F)F)nn1)N(C1CC1)C1CCc2ccccc21. The summed E-state index contributed by atoms with van der Waals surface area (Å²) in [5.74, 6) is -0.282. The smallest absolute Gasteiger partial charge is 0.327 e. The second-order valence-electron chi connectivity index (χ2n) is 7.76. The molecule has 5 nitrogen and oxygen atoms in total. The highest BCUT2D eigenvalue weighted by molar-refractivity contribution is 5.93. The standard InChI is InChI=1S/C22H19F3N4O/c23-22(24,25)17-7-3-4-8-20(17)28-13-18(26-27-28)21(30)29(15-10-11-15)19-12-9-14-5-1-2-6-16(14)19/h1-8,13,15,19H,9-12H2. The molecule has 0 N–H and O–H groups in total. The number of nitrogens with zero attached hydrogens (tertiary/aromatic N) is 4. The van der Waals surface area contributed by atoms with E-state index in [0.717, 1.165) is 42.0 Å². The molecule has 2 aromatic carbocycles. The zero-order valence-electron chi connectivity index (χ0n) is 16.0. The molecule has 1 heterocycles. The van der Waals surface area contributed by atoms with E-state index in [2.05, 4.69) is 16.4 Å². The van der Waals surface area contributed by atoms with Gasteiger partial charge in [0.15, 0.2) is 5.69 Å². The number of alkyl halides is 3. The maximum absolute atomic E-state index is 13.4. The van der Waals surface area contributed by atoms with Crippen LogP contribution >= 0.6 is 0 Å². The van der Waals surface area contributed by atoms with E-state index in [1.165, 1.54) is 30.0 Å². The van der Waals surface area contributed by atoms with Crippen LogP contribution in [0.1, 0.15) is 52.5 Å². The van der Waals surface area contributed by atoms with Gasteiger partial charge in [-0.15, -0.1) is 5.10 Å². The van der Waals surface area contributed by atoms with E-state index < -0.39 is 11.7 Å². The summed E-state index contributed by atoms with van der Waals surface area (Å²) < 4.78 is 41.1. The van der Waals surface area contributed by atoms with Crippen molar-refractivity contribution < 1.29 is 18.0 Å². The molecular formula is C22H19F3N4O. The number of aryl methyl sites for hydroxylation is 1. The lowest BCUT2D eigenvalue weighted by Crippen LogP contribution is -2.36. The second kappa shape index (κ2) is 6.97. The minimum Gasteiger partial charge on any atom is -0.327 e. The summed E-state index contributed by atoms with van der Waals surface area (Å²) in [6.07, 6.45) is 0.365. The fourth-order valence-corrected chi connectivity index (χ4v) is 4.26. The second-order valence-corrected chi connectivity index (χ2v) is 7.76. The van der Waals surface area contributed by atoms with Crippen molar-refractivity contribution in [2.45, 2.75) is 43.9 Å². The number of carbonyl (C=O) groups excluding carboxylic acids is 1.